The Labute approximate surface area is 211 Å². The van der Waals surface area contributed by atoms with Crippen molar-refractivity contribution >= 4 is 0 Å². The van der Waals surface area contributed by atoms with Crippen molar-refractivity contribution in [3.8, 4) is 11.1 Å². The molecule has 2 heteroatoms. The van der Waals surface area contributed by atoms with Crippen molar-refractivity contribution in [2.45, 2.75) is 37.8 Å². The third-order valence-electron chi connectivity index (χ3n) is 9.18. The Hall–Kier alpha value is -4.04. The van der Waals surface area contributed by atoms with Gasteiger partial charge in [0.25, 0.3) is 0 Å². The number of pyridine rings is 2. The van der Waals surface area contributed by atoms with Crippen LogP contribution >= 0.6 is 0 Å². The molecule has 0 bridgehead atoms. The van der Waals surface area contributed by atoms with E-state index in [-0.39, 0.29) is 5.66 Å². The van der Waals surface area contributed by atoms with E-state index in [2.05, 4.69) is 106 Å². The summed E-state index contributed by atoms with van der Waals surface area (Å²) in [6.45, 7) is 0. The van der Waals surface area contributed by atoms with Gasteiger partial charge in [-0.15, -0.1) is 9.13 Å². The van der Waals surface area contributed by atoms with Crippen molar-refractivity contribution in [3.63, 3.8) is 0 Å². The average Bonchev–Trinajstić information content (AvgIpc) is 3.20. The second kappa shape index (κ2) is 6.59. The summed E-state index contributed by atoms with van der Waals surface area (Å²) in [5, 5.41) is 0. The van der Waals surface area contributed by atoms with Gasteiger partial charge in [-0.25, -0.2) is 0 Å². The number of rotatable bonds is 0. The van der Waals surface area contributed by atoms with Crippen LogP contribution in [0.3, 0.4) is 0 Å². The van der Waals surface area contributed by atoms with E-state index >= 15 is 0 Å². The van der Waals surface area contributed by atoms with Crippen LogP contribution in [0.2, 0.25) is 0 Å². The topological polar surface area (TPSA) is 7.76 Å². The molecule has 1 unspecified atom stereocenters. The number of nitrogens with zero attached hydrogens (tertiary/aromatic N) is 2. The Kier molecular flexibility index (Phi) is 3.51. The first-order valence-electron chi connectivity index (χ1n) is 13.2. The maximum Gasteiger partial charge on any atom is 0.393 e. The molecule has 5 heterocycles. The van der Waals surface area contributed by atoms with Crippen LogP contribution in [-0.4, -0.2) is 0 Å². The zero-order chi connectivity index (χ0) is 23.4. The fourth-order valence-corrected chi connectivity index (χ4v) is 7.93. The molecule has 5 aromatic rings. The van der Waals surface area contributed by atoms with E-state index in [9.17, 15) is 0 Å². The molecule has 1 aliphatic carbocycles. The largest absolute Gasteiger partial charge is 0.393 e. The maximum atomic E-state index is 2.79. The molecule has 1 spiro atoms. The third-order valence-corrected chi connectivity index (χ3v) is 9.18. The molecule has 0 amide bonds. The Morgan fingerprint density at radius 3 is 2.17 bits per heavy atom. The van der Waals surface area contributed by atoms with Crippen LogP contribution in [0.25, 0.3) is 11.1 Å². The van der Waals surface area contributed by atoms with Gasteiger partial charge in [-0.1, -0.05) is 72.8 Å². The molecule has 0 fully saturated rings. The van der Waals surface area contributed by atoms with Crippen molar-refractivity contribution in [2.75, 3.05) is 0 Å². The van der Waals surface area contributed by atoms with E-state index in [1.807, 2.05) is 0 Å². The van der Waals surface area contributed by atoms with Crippen molar-refractivity contribution in [1.82, 2.24) is 0 Å². The van der Waals surface area contributed by atoms with Crippen LogP contribution in [0.5, 0.6) is 0 Å². The van der Waals surface area contributed by atoms with E-state index in [4.69, 9.17) is 0 Å². The summed E-state index contributed by atoms with van der Waals surface area (Å²) in [5.74, 6) is 0. The smallest absolute Gasteiger partial charge is 0.134 e. The number of benzene rings is 3. The SMILES string of the molecule is c1ccc2c(c1)Cc1c3c(cc4[n+]1C1(C2)c2c(cccc2C4)Cc2cccc[n+]21)Cc1ccccc1-3. The molecule has 0 N–H and O–H groups in total. The number of hydrogen-bond acceptors (Lipinski definition) is 0. The van der Waals surface area contributed by atoms with Gasteiger partial charge in [-0.05, 0) is 45.4 Å². The van der Waals surface area contributed by atoms with E-state index in [1.165, 1.54) is 67.2 Å². The summed E-state index contributed by atoms with van der Waals surface area (Å²) in [6, 6.07) is 34.6. The second-order valence-corrected chi connectivity index (χ2v) is 11.0. The first-order valence-corrected chi connectivity index (χ1v) is 13.2. The molecule has 36 heavy (non-hydrogen) atoms. The fraction of sp³-hybridized carbons (Fsp3) is 0.176. The van der Waals surface area contributed by atoms with Crippen LogP contribution in [0.4, 0.5) is 0 Å². The standard InChI is InChI=1S/C34H26N2/c1-2-10-26-21-34-33-24(17-28-13-5-6-15-35(28)34)11-7-12-25(33)18-29-19-27-16-23-9-3-4-14-30(23)32(27)31(36(29)34)20-22(26)8-1/h1-15,19H,16-18,20-21H2/q+2. The fourth-order valence-electron chi connectivity index (χ4n) is 7.93. The van der Waals surface area contributed by atoms with Crippen molar-refractivity contribution < 1.29 is 9.13 Å². The minimum atomic E-state index is -0.289. The minimum Gasteiger partial charge on any atom is -0.134 e. The van der Waals surface area contributed by atoms with Gasteiger partial charge in [0.2, 0.25) is 5.69 Å². The Balaban J connectivity index is 1.50. The normalized spacial score (nSPS) is 19.2. The Morgan fingerprint density at radius 2 is 1.28 bits per heavy atom. The molecular weight excluding hydrogens is 436 g/mol. The first kappa shape index (κ1) is 19.2. The lowest BCUT2D eigenvalue weighted by Gasteiger charge is -2.36. The molecule has 2 aromatic heterocycles. The molecule has 3 aliphatic heterocycles. The summed E-state index contributed by atoms with van der Waals surface area (Å²) in [6.07, 6.45) is 7.32. The summed E-state index contributed by atoms with van der Waals surface area (Å²) in [5.41, 5.74) is 17.4. The number of aromatic nitrogens is 2. The number of hydrogen-bond donors (Lipinski definition) is 0. The Morgan fingerprint density at radius 1 is 0.556 bits per heavy atom. The summed E-state index contributed by atoms with van der Waals surface area (Å²) >= 11 is 0. The monoisotopic (exact) mass is 462 g/mol. The highest BCUT2D eigenvalue weighted by Crippen LogP contribution is 2.45. The van der Waals surface area contributed by atoms with Gasteiger partial charge in [-0.3, -0.25) is 0 Å². The van der Waals surface area contributed by atoms with Gasteiger partial charge in [0.1, 0.15) is 12.0 Å². The van der Waals surface area contributed by atoms with Crippen LogP contribution < -0.4 is 9.13 Å². The quantitative estimate of drug-likeness (QED) is 0.280. The average molecular weight is 463 g/mol. The zero-order valence-corrected chi connectivity index (χ0v) is 20.2. The molecule has 3 aromatic carbocycles. The van der Waals surface area contributed by atoms with Gasteiger partial charge in [0.15, 0.2) is 17.6 Å². The minimum absolute atomic E-state index is 0.289. The maximum absolute atomic E-state index is 2.79. The molecule has 4 aliphatic rings. The molecule has 2 nitrogen and oxygen atoms in total. The molecule has 9 rings (SSSR count). The predicted molar refractivity (Wildman–Crippen MR) is 139 cm³/mol. The van der Waals surface area contributed by atoms with Crippen LogP contribution in [0, 0.1) is 0 Å². The van der Waals surface area contributed by atoms with Crippen LogP contribution in [0.1, 0.15) is 56.0 Å². The summed E-state index contributed by atoms with van der Waals surface area (Å²) in [7, 11) is 0. The molecule has 0 saturated heterocycles. The molecule has 1 atom stereocenters. The molecule has 170 valence electrons. The lowest BCUT2D eigenvalue weighted by Crippen LogP contribution is -2.80. The van der Waals surface area contributed by atoms with Crippen LogP contribution in [0.15, 0.2) is 97.2 Å². The molecule has 0 radical (unpaired) electrons. The van der Waals surface area contributed by atoms with E-state index in [0.717, 1.165) is 32.1 Å². The molecule has 0 saturated carbocycles. The number of fused-ring (bicyclic) bond motifs is 6. The predicted octanol–water partition coefficient (Wildman–Crippen LogP) is 5.04. The Bertz CT molecular complexity index is 1780. The highest BCUT2D eigenvalue weighted by atomic mass is 15.3. The van der Waals surface area contributed by atoms with Crippen molar-refractivity contribution in [3.05, 3.63) is 153 Å². The third kappa shape index (κ3) is 2.24. The van der Waals surface area contributed by atoms with Gasteiger partial charge in [0.05, 0.1) is 24.8 Å². The highest BCUT2D eigenvalue weighted by molar-refractivity contribution is 5.78. The van der Waals surface area contributed by atoms with E-state index in [0.29, 0.717) is 0 Å². The van der Waals surface area contributed by atoms with Gasteiger partial charge < -0.3 is 0 Å². The summed E-state index contributed by atoms with van der Waals surface area (Å²) < 4.78 is 5.42. The second-order valence-electron chi connectivity index (χ2n) is 11.0. The van der Waals surface area contributed by atoms with Crippen molar-refractivity contribution in [1.29, 1.82) is 0 Å². The summed E-state index contributed by atoms with van der Waals surface area (Å²) in [4.78, 5) is 0. The van der Waals surface area contributed by atoms with Gasteiger partial charge >= 0.3 is 5.66 Å². The first-order chi connectivity index (χ1) is 17.8. The van der Waals surface area contributed by atoms with Crippen molar-refractivity contribution in [2.24, 2.45) is 0 Å². The van der Waals surface area contributed by atoms with E-state index in [1.54, 1.807) is 0 Å². The zero-order valence-electron chi connectivity index (χ0n) is 20.2. The lowest BCUT2D eigenvalue weighted by atomic mass is 9.76. The molecular formula is C34H26N2+2. The highest BCUT2D eigenvalue weighted by Gasteiger charge is 2.63. The van der Waals surface area contributed by atoms with E-state index < -0.39 is 0 Å². The van der Waals surface area contributed by atoms with Gasteiger partial charge in [0, 0.05) is 18.2 Å². The lowest BCUT2D eigenvalue weighted by molar-refractivity contribution is -0.992. The van der Waals surface area contributed by atoms with Crippen LogP contribution in [-0.2, 0) is 37.8 Å². The van der Waals surface area contributed by atoms with Gasteiger partial charge in [-0.2, -0.15) is 0 Å².